The molecule has 0 spiro atoms. The predicted octanol–water partition coefficient (Wildman–Crippen LogP) is 4.00. The van der Waals surface area contributed by atoms with Crippen LogP contribution in [-0.4, -0.2) is 9.97 Å². The number of hydrogen-bond donors (Lipinski definition) is 1. The maximum atomic E-state index is 13.2. The molecular formula is C16H10BrFN2O. The van der Waals surface area contributed by atoms with Gasteiger partial charge in [0.2, 0.25) is 0 Å². The molecule has 0 aliphatic heterocycles. The lowest BCUT2D eigenvalue weighted by atomic mass is 10.2. The lowest BCUT2D eigenvalue weighted by Gasteiger charge is -1.99. The van der Waals surface area contributed by atoms with Crippen molar-refractivity contribution in [2.75, 3.05) is 0 Å². The van der Waals surface area contributed by atoms with Gasteiger partial charge in [0.05, 0.1) is 15.4 Å². The third-order valence-corrected chi connectivity index (χ3v) is 3.62. The van der Waals surface area contributed by atoms with E-state index < -0.39 is 0 Å². The van der Waals surface area contributed by atoms with Crippen LogP contribution < -0.4 is 5.56 Å². The number of para-hydroxylation sites is 1. The Bertz CT molecular complexity index is 902. The molecule has 3 nitrogen and oxygen atoms in total. The Morgan fingerprint density at radius 1 is 1.14 bits per heavy atom. The van der Waals surface area contributed by atoms with E-state index in [0.29, 0.717) is 21.2 Å². The quantitative estimate of drug-likeness (QED) is 0.763. The van der Waals surface area contributed by atoms with Crippen molar-refractivity contribution in [1.82, 2.24) is 9.97 Å². The smallest absolute Gasteiger partial charge is 0.259 e. The van der Waals surface area contributed by atoms with E-state index in [1.165, 1.54) is 6.07 Å². The molecule has 1 N–H and O–H groups in total. The van der Waals surface area contributed by atoms with E-state index in [9.17, 15) is 9.18 Å². The van der Waals surface area contributed by atoms with Gasteiger partial charge in [-0.2, -0.15) is 0 Å². The lowest BCUT2D eigenvalue weighted by molar-refractivity contribution is 0.621. The van der Waals surface area contributed by atoms with Crippen LogP contribution in [0.5, 0.6) is 0 Å². The first-order valence-corrected chi connectivity index (χ1v) is 7.05. The van der Waals surface area contributed by atoms with Gasteiger partial charge in [-0.1, -0.05) is 24.3 Å². The summed E-state index contributed by atoms with van der Waals surface area (Å²) in [5.74, 6) is 0.142. The third-order valence-electron chi connectivity index (χ3n) is 3.01. The molecule has 3 rings (SSSR count). The molecule has 0 aliphatic rings. The number of hydrogen-bond acceptors (Lipinski definition) is 2. The third kappa shape index (κ3) is 2.92. The summed E-state index contributed by atoms with van der Waals surface area (Å²) < 4.78 is 13.6. The van der Waals surface area contributed by atoms with E-state index in [1.54, 1.807) is 42.5 Å². The first kappa shape index (κ1) is 13.7. The van der Waals surface area contributed by atoms with Crippen molar-refractivity contribution in [3.05, 3.63) is 74.5 Å². The second-order valence-corrected chi connectivity index (χ2v) is 5.33. The van der Waals surface area contributed by atoms with Crippen LogP contribution in [0, 0.1) is 5.82 Å². The lowest BCUT2D eigenvalue weighted by Crippen LogP contribution is -2.09. The highest BCUT2D eigenvalue weighted by atomic mass is 79.9. The van der Waals surface area contributed by atoms with Gasteiger partial charge >= 0.3 is 0 Å². The number of aromatic amines is 1. The van der Waals surface area contributed by atoms with Crippen molar-refractivity contribution < 1.29 is 4.39 Å². The van der Waals surface area contributed by atoms with E-state index in [-0.39, 0.29) is 11.4 Å². The van der Waals surface area contributed by atoms with Gasteiger partial charge in [-0.3, -0.25) is 4.79 Å². The molecule has 0 saturated carbocycles. The topological polar surface area (TPSA) is 45.8 Å². The Morgan fingerprint density at radius 3 is 2.76 bits per heavy atom. The van der Waals surface area contributed by atoms with Gasteiger partial charge in [-0.05, 0) is 51.8 Å². The van der Waals surface area contributed by atoms with Crippen molar-refractivity contribution >= 4 is 39.0 Å². The predicted molar refractivity (Wildman–Crippen MR) is 85.4 cm³/mol. The van der Waals surface area contributed by atoms with Crippen molar-refractivity contribution in [1.29, 1.82) is 0 Å². The number of H-pyrrole nitrogens is 1. The Labute approximate surface area is 128 Å². The summed E-state index contributed by atoms with van der Waals surface area (Å²) in [5, 5.41) is 0.555. The maximum absolute atomic E-state index is 13.2. The number of nitrogens with one attached hydrogen (secondary N) is 1. The Balaban J connectivity index is 1.99. The average Bonchev–Trinajstić information content (AvgIpc) is 2.49. The van der Waals surface area contributed by atoms with E-state index in [4.69, 9.17) is 0 Å². The van der Waals surface area contributed by atoms with Gasteiger partial charge in [-0.15, -0.1) is 0 Å². The highest BCUT2D eigenvalue weighted by Gasteiger charge is 2.01. The first-order valence-electron chi connectivity index (χ1n) is 6.26. The fraction of sp³-hybridized carbons (Fsp3) is 0. The number of halogens is 2. The van der Waals surface area contributed by atoms with Crippen LogP contribution >= 0.6 is 15.9 Å². The number of rotatable bonds is 2. The van der Waals surface area contributed by atoms with Crippen LogP contribution in [0.1, 0.15) is 11.4 Å². The molecule has 21 heavy (non-hydrogen) atoms. The number of aromatic nitrogens is 2. The van der Waals surface area contributed by atoms with Gasteiger partial charge in [0.25, 0.3) is 5.56 Å². The molecule has 0 fully saturated rings. The summed E-state index contributed by atoms with van der Waals surface area (Å²) in [4.78, 5) is 19.0. The van der Waals surface area contributed by atoms with Gasteiger partial charge in [0.15, 0.2) is 0 Å². The second-order valence-electron chi connectivity index (χ2n) is 4.48. The van der Waals surface area contributed by atoms with Crippen molar-refractivity contribution in [2.45, 2.75) is 0 Å². The maximum Gasteiger partial charge on any atom is 0.259 e. The van der Waals surface area contributed by atoms with Crippen molar-refractivity contribution in [3.8, 4) is 0 Å². The Morgan fingerprint density at radius 2 is 1.95 bits per heavy atom. The molecule has 0 saturated heterocycles. The van der Waals surface area contributed by atoms with Gasteiger partial charge in [0, 0.05) is 0 Å². The molecule has 0 aliphatic carbocycles. The molecule has 0 radical (unpaired) electrons. The number of fused-ring (bicyclic) bond motifs is 1. The van der Waals surface area contributed by atoms with Gasteiger partial charge in [-0.25, -0.2) is 9.37 Å². The monoisotopic (exact) mass is 344 g/mol. The number of nitrogens with zero attached hydrogens (tertiary/aromatic N) is 1. The van der Waals surface area contributed by atoms with Crippen LogP contribution in [0.25, 0.3) is 23.1 Å². The zero-order chi connectivity index (χ0) is 14.8. The molecule has 5 heteroatoms. The van der Waals surface area contributed by atoms with Crippen LogP contribution in [-0.2, 0) is 0 Å². The summed E-state index contributed by atoms with van der Waals surface area (Å²) in [6.45, 7) is 0. The molecule has 0 amide bonds. The molecule has 0 unspecified atom stereocenters. The Kier molecular flexibility index (Phi) is 3.66. The summed E-state index contributed by atoms with van der Waals surface area (Å²) in [7, 11) is 0. The summed E-state index contributed by atoms with van der Waals surface area (Å²) in [6, 6.07) is 11.8. The summed E-state index contributed by atoms with van der Waals surface area (Å²) in [6.07, 6.45) is 3.45. The highest BCUT2D eigenvalue weighted by Crippen LogP contribution is 2.18. The van der Waals surface area contributed by atoms with E-state index in [2.05, 4.69) is 25.9 Å². The fourth-order valence-corrected chi connectivity index (χ4v) is 2.37. The normalized spacial score (nSPS) is 11.3. The molecule has 104 valence electrons. The molecule has 3 aromatic rings. The summed E-state index contributed by atoms with van der Waals surface area (Å²) >= 11 is 3.13. The fourth-order valence-electron chi connectivity index (χ4n) is 1.97. The van der Waals surface area contributed by atoms with Crippen LogP contribution in [0.4, 0.5) is 4.39 Å². The van der Waals surface area contributed by atoms with Gasteiger partial charge < -0.3 is 4.98 Å². The molecule has 1 heterocycles. The minimum Gasteiger partial charge on any atom is -0.306 e. The number of benzene rings is 2. The van der Waals surface area contributed by atoms with Crippen molar-refractivity contribution in [3.63, 3.8) is 0 Å². The largest absolute Gasteiger partial charge is 0.306 e. The van der Waals surface area contributed by atoms with E-state index in [1.807, 2.05) is 6.07 Å². The molecule has 0 atom stereocenters. The molecule has 1 aromatic heterocycles. The van der Waals surface area contributed by atoms with Crippen LogP contribution in [0.15, 0.2) is 51.7 Å². The second kappa shape index (κ2) is 5.61. The van der Waals surface area contributed by atoms with Crippen LogP contribution in [0.2, 0.25) is 0 Å². The van der Waals surface area contributed by atoms with Crippen molar-refractivity contribution in [2.24, 2.45) is 0 Å². The first-order chi connectivity index (χ1) is 10.1. The van der Waals surface area contributed by atoms with E-state index in [0.717, 1.165) is 5.56 Å². The SMILES string of the molecule is O=c1[nH]c(/C=C/c2ccc(F)c(Br)c2)nc2ccccc12. The standard InChI is InChI=1S/C16H10BrFN2O/c17-12-9-10(5-7-13(12)18)6-8-15-19-14-4-2-1-3-11(14)16(21)20-15/h1-9H,(H,19,20,21)/b8-6+. The van der Waals surface area contributed by atoms with E-state index >= 15 is 0 Å². The molecular weight excluding hydrogens is 335 g/mol. The van der Waals surface area contributed by atoms with Gasteiger partial charge in [0.1, 0.15) is 11.6 Å². The summed E-state index contributed by atoms with van der Waals surface area (Å²) in [5.41, 5.74) is 1.26. The average molecular weight is 345 g/mol. The van der Waals surface area contributed by atoms with Crippen LogP contribution in [0.3, 0.4) is 0 Å². The Hall–Kier alpha value is -2.27. The minimum atomic E-state index is -0.315. The zero-order valence-corrected chi connectivity index (χ0v) is 12.4. The molecule has 2 aromatic carbocycles. The zero-order valence-electron chi connectivity index (χ0n) is 10.8. The highest BCUT2D eigenvalue weighted by molar-refractivity contribution is 9.10. The molecule has 0 bridgehead atoms. The minimum absolute atomic E-state index is 0.180.